The summed E-state index contributed by atoms with van der Waals surface area (Å²) in [5, 5.41) is 1.78. The molecule has 0 aliphatic carbocycles. The second kappa shape index (κ2) is 4.68. The van der Waals surface area contributed by atoms with Crippen molar-refractivity contribution in [3.8, 4) is 11.3 Å². The van der Waals surface area contributed by atoms with Crippen LogP contribution < -0.4 is 5.73 Å². The molecule has 0 aliphatic rings. The van der Waals surface area contributed by atoms with Gasteiger partial charge in [0.05, 0.1) is 10.7 Å². The molecule has 96 valence electrons. The Kier molecular flexibility index (Phi) is 3.01. The summed E-state index contributed by atoms with van der Waals surface area (Å²) in [6, 6.07) is 9.85. The van der Waals surface area contributed by atoms with Crippen LogP contribution in [0.2, 0.25) is 5.02 Å². The number of hydrogen-bond acceptors (Lipinski definition) is 2. The number of aromatic nitrogens is 2. The van der Waals surface area contributed by atoms with Crippen molar-refractivity contribution in [3.63, 3.8) is 0 Å². The summed E-state index contributed by atoms with van der Waals surface area (Å²) < 4.78 is 2.06. The van der Waals surface area contributed by atoms with Crippen molar-refractivity contribution in [1.29, 1.82) is 0 Å². The molecule has 4 heteroatoms. The maximum Gasteiger partial charge on any atom is 0.0727 e. The molecule has 3 rings (SSSR count). The van der Waals surface area contributed by atoms with E-state index in [1.54, 1.807) is 6.20 Å². The maximum absolute atomic E-state index is 6.33. The Hall–Kier alpha value is -1.84. The first-order chi connectivity index (χ1) is 9.20. The van der Waals surface area contributed by atoms with E-state index in [0.29, 0.717) is 6.54 Å². The first kappa shape index (κ1) is 12.2. The predicted molar refractivity (Wildman–Crippen MR) is 79.1 cm³/mol. The van der Waals surface area contributed by atoms with Crippen LogP contribution in [-0.4, -0.2) is 9.55 Å². The predicted octanol–water partition coefficient (Wildman–Crippen LogP) is 3.35. The van der Waals surface area contributed by atoms with Crippen molar-refractivity contribution >= 4 is 22.5 Å². The summed E-state index contributed by atoms with van der Waals surface area (Å²) in [6.45, 7) is 0.508. The molecule has 2 heterocycles. The smallest absolute Gasteiger partial charge is 0.0727 e. The van der Waals surface area contributed by atoms with E-state index in [2.05, 4.69) is 21.8 Å². The Balaban J connectivity index is 2.30. The molecule has 2 N–H and O–H groups in total. The molecular formula is C15H14ClN3. The van der Waals surface area contributed by atoms with Crippen LogP contribution in [0.3, 0.4) is 0 Å². The molecule has 2 aromatic heterocycles. The highest BCUT2D eigenvalue weighted by atomic mass is 35.5. The van der Waals surface area contributed by atoms with Gasteiger partial charge in [0.15, 0.2) is 0 Å². The Labute approximate surface area is 116 Å². The van der Waals surface area contributed by atoms with Crippen molar-refractivity contribution in [2.24, 2.45) is 12.8 Å². The van der Waals surface area contributed by atoms with E-state index in [1.807, 2.05) is 31.3 Å². The van der Waals surface area contributed by atoms with Gasteiger partial charge in [-0.15, -0.1) is 0 Å². The van der Waals surface area contributed by atoms with E-state index in [1.165, 1.54) is 0 Å². The Morgan fingerprint density at radius 1 is 1.32 bits per heavy atom. The molecule has 19 heavy (non-hydrogen) atoms. The van der Waals surface area contributed by atoms with Crippen LogP contribution in [0.25, 0.3) is 22.2 Å². The van der Waals surface area contributed by atoms with Crippen molar-refractivity contribution in [3.05, 3.63) is 53.3 Å². The van der Waals surface area contributed by atoms with Crippen LogP contribution in [0.15, 0.2) is 42.7 Å². The third-order valence-corrected chi connectivity index (χ3v) is 3.61. The molecule has 0 radical (unpaired) electrons. The molecular weight excluding hydrogens is 258 g/mol. The van der Waals surface area contributed by atoms with E-state index in [4.69, 9.17) is 17.3 Å². The zero-order valence-electron chi connectivity index (χ0n) is 10.6. The van der Waals surface area contributed by atoms with Gasteiger partial charge in [-0.3, -0.25) is 4.98 Å². The number of pyridine rings is 1. The standard InChI is InChI=1S/C15H14ClN3/c1-19-9-11(13-7-10(8-17)5-6-18-13)15-12(16)3-2-4-14(15)19/h2-7,9H,8,17H2,1H3. The molecule has 3 aromatic rings. The highest BCUT2D eigenvalue weighted by Crippen LogP contribution is 2.34. The SMILES string of the molecule is Cn1cc(-c2cc(CN)ccn2)c2c(Cl)cccc21. The molecule has 0 saturated heterocycles. The third-order valence-electron chi connectivity index (χ3n) is 3.30. The van der Waals surface area contributed by atoms with Crippen LogP contribution in [0.5, 0.6) is 0 Å². The number of nitrogens with two attached hydrogens (primary N) is 1. The van der Waals surface area contributed by atoms with E-state index < -0.39 is 0 Å². The molecule has 0 fully saturated rings. The van der Waals surface area contributed by atoms with Crippen LogP contribution in [0.1, 0.15) is 5.56 Å². The highest BCUT2D eigenvalue weighted by Gasteiger charge is 2.12. The van der Waals surface area contributed by atoms with Crippen LogP contribution >= 0.6 is 11.6 Å². The molecule has 0 saturated carbocycles. The van der Waals surface area contributed by atoms with Crippen molar-refractivity contribution in [1.82, 2.24) is 9.55 Å². The molecule has 0 atom stereocenters. The molecule has 0 spiro atoms. The van der Waals surface area contributed by atoms with Gasteiger partial charge in [0.25, 0.3) is 0 Å². The average molecular weight is 272 g/mol. The molecule has 1 aromatic carbocycles. The van der Waals surface area contributed by atoms with Crippen LogP contribution in [0.4, 0.5) is 0 Å². The van der Waals surface area contributed by atoms with E-state index in [0.717, 1.165) is 32.7 Å². The van der Waals surface area contributed by atoms with Gasteiger partial charge in [0.1, 0.15) is 0 Å². The number of halogens is 1. The Bertz CT molecular complexity index is 746. The minimum absolute atomic E-state index is 0.508. The molecule has 0 bridgehead atoms. The van der Waals surface area contributed by atoms with E-state index in [-0.39, 0.29) is 0 Å². The topological polar surface area (TPSA) is 43.8 Å². The highest BCUT2D eigenvalue weighted by molar-refractivity contribution is 6.36. The zero-order chi connectivity index (χ0) is 13.4. The lowest BCUT2D eigenvalue weighted by atomic mass is 10.1. The first-order valence-corrected chi connectivity index (χ1v) is 6.47. The van der Waals surface area contributed by atoms with Crippen LogP contribution in [-0.2, 0) is 13.6 Å². The average Bonchev–Trinajstić information content (AvgIpc) is 2.78. The summed E-state index contributed by atoms with van der Waals surface area (Å²) in [4.78, 5) is 4.43. The van der Waals surface area contributed by atoms with Gasteiger partial charge >= 0.3 is 0 Å². The molecule has 3 nitrogen and oxygen atoms in total. The summed E-state index contributed by atoms with van der Waals surface area (Å²) in [6.07, 6.45) is 3.84. The minimum Gasteiger partial charge on any atom is -0.350 e. The summed E-state index contributed by atoms with van der Waals surface area (Å²) in [5.41, 5.74) is 9.79. The summed E-state index contributed by atoms with van der Waals surface area (Å²) in [5.74, 6) is 0. The second-order valence-corrected chi connectivity index (χ2v) is 4.95. The zero-order valence-corrected chi connectivity index (χ0v) is 11.4. The number of aryl methyl sites for hydroxylation is 1. The number of fused-ring (bicyclic) bond motifs is 1. The lowest BCUT2D eigenvalue weighted by Crippen LogP contribution is -1.96. The van der Waals surface area contributed by atoms with Crippen molar-refractivity contribution in [2.75, 3.05) is 0 Å². The fourth-order valence-corrected chi connectivity index (χ4v) is 2.62. The summed E-state index contributed by atoms with van der Waals surface area (Å²) >= 11 is 6.33. The van der Waals surface area contributed by atoms with Gasteiger partial charge in [0.2, 0.25) is 0 Å². The van der Waals surface area contributed by atoms with Gasteiger partial charge in [-0.2, -0.15) is 0 Å². The largest absolute Gasteiger partial charge is 0.350 e. The molecule has 0 unspecified atom stereocenters. The lowest BCUT2D eigenvalue weighted by molar-refractivity contribution is 0.969. The number of benzene rings is 1. The fraction of sp³-hybridized carbons (Fsp3) is 0.133. The van der Waals surface area contributed by atoms with Gasteiger partial charge in [0, 0.05) is 42.5 Å². The van der Waals surface area contributed by atoms with Gasteiger partial charge in [-0.05, 0) is 29.8 Å². The molecule has 0 aliphatic heterocycles. The molecule has 0 amide bonds. The monoisotopic (exact) mass is 271 g/mol. The normalized spacial score (nSPS) is 11.1. The number of nitrogens with zero attached hydrogens (tertiary/aromatic N) is 2. The van der Waals surface area contributed by atoms with Crippen molar-refractivity contribution in [2.45, 2.75) is 6.54 Å². The number of rotatable bonds is 2. The van der Waals surface area contributed by atoms with Gasteiger partial charge < -0.3 is 10.3 Å². The Morgan fingerprint density at radius 3 is 2.95 bits per heavy atom. The lowest BCUT2D eigenvalue weighted by Gasteiger charge is -2.02. The van der Waals surface area contributed by atoms with Gasteiger partial charge in [-0.1, -0.05) is 17.7 Å². The first-order valence-electron chi connectivity index (χ1n) is 6.09. The quantitative estimate of drug-likeness (QED) is 0.777. The Morgan fingerprint density at radius 2 is 2.16 bits per heavy atom. The second-order valence-electron chi connectivity index (χ2n) is 4.54. The maximum atomic E-state index is 6.33. The fourth-order valence-electron chi connectivity index (χ4n) is 2.34. The summed E-state index contributed by atoms with van der Waals surface area (Å²) in [7, 11) is 2.01. The minimum atomic E-state index is 0.508. The van der Waals surface area contributed by atoms with E-state index in [9.17, 15) is 0 Å². The van der Waals surface area contributed by atoms with Crippen molar-refractivity contribution < 1.29 is 0 Å². The number of hydrogen-bond donors (Lipinski definition) is 1. The van der Waals surface area contributed by atoms with Crippen LogP contribution in [0, 0.1) is 0 Å². The van der Waals surface area contributed by atoms with Gasteiger partial charge in [-0.25, -0.2) is 0 Å². The third kappa shape index (κ3) is 2.01. The van der Waals surface area contributed by atoms with E-state index >= 15 is 0 Å².